The Morgan fingerprint density at radius 2 is 1.81 bits per heavy atom. The zero-order valence-electron chi connectivity index (χ0n) is 16.7. The quantitative estimate of drug-likeness (QED) is 0.851. The zero-order valence-corrected chi connectivity index (χ0v) is 16.7. The van der Waals surface area contributed by atoms with Crippen molar-refractivity contribution in [2.24, 2.45) is 5.73 Å². The molecule has 2 fully saturated rings. The molecule has 1 saturated heterocycles. The van der Waals surface area contributed by atoms with Gasteiger partial charge in [-0.2, -0.15) is 0 Å². The lowest BCUT2D eigenvalue weighted by Gasteiger charge is -2.49. The third-order valence-electron chi connectivity index (χ3n) is 6.30. The molecule has 3 rings (SSSR count). The lowest BCUT2D eigenvalue weighted by atomic mass is 9.68. The van der Waals surface area contributed by atoms with E-state index in [0.29, 0.717) is 6.54 Å². The summed E-state index contributed by atoms with van der Waals surface area (Å²) in [7, 11) is 2.22. The molecule has 1 heterocycles. The first-order valence-electron chi connectivity index (χ1n) is 9.83. The van der Waals surface area contributed by atoms with Gasteiger partial charge in [0.1, 0.15) is 0 Å². The Morgan fingerprint density at radius 1 is 1.19 bits per heavy atom. The van der Waals surface area contributed by atoms with E-state index in [9.17, 15) is 4.79 Å². The minimum absolute atomic E-state index is 0.0413. The van der Waals surface area contributed by atoms with Gasteiger partial charge >= 0.3 is 6.03 Å². The molecule has 26 heavy (non-hydrogen) atoms. The molecule has 1 aromatic rings. The highest BCUT2D eigenvalue weighted by Gasteiger charge is 2.50. The van der Waals surface area contributed by atoms with Crippen LogP contribution in [0.3, 0.4) is 0 Å². The molecular formula is C21H34N4O. The number of benzene rings is 1. The van der Waals surface area contributed by atoms with Crippen LogP contribution in [0.25, 0.3) is 0 Å². The first kappa shape index (κ1) is 19.2. The predicted molar refractivity (Wildman–Crippen MR) is 106 cm³/mol. The van der Waals surface area contributed by atoms with Crippen molar-refractivity contribution in [2.45, 2.75) is 63.1 Å². The van der Waals surface area contributed by atoms with E-state index < -0.39 is 0 Å². The van der Waals surface area contributed by atoms with Gasteiger partial charge < -0.3 is 16.0 Å². The summed E-state index contributed by atoms with van der Waals surface area (Å²) in [6, 6.07) is 10.9. The molecule has 2 aliphatic rings. The van der Waals surface area contributed by atoms with Gasteiger partial charge in [0.05, 0.1) is 5.54 Å². The first-order valence-corrected chi connectivity index (χ1v) is 9.83. The number of nitrogens with two attached hydrogens (primary N) is 1. The van der Waals surface area contributed by atoms with Crippen molar-refractivity contribution in [3.05, 3.63) is 35.9 Å². The molecule has 0 unspecified atom stereocenters. The van der Waals surface area contributed by atoms with Crippen LogP contribution in [0.15, 0.2) is 30.3 Å². The molecular weight excluding hydrogens is 324 g/mol. The molecule has 0 aromatic heterocycles. The number of carbonyl (C=O) groups is 1. The number of hydrogen-bond acceptors (Lipinski definition) is 3. The lowest BCUT2D eigenvalue weighted by Crippen LogP contribution is -2.54. The molecule has 5 nitrogen and oxygen atoms in total. The number of urea groups is 1. The summed E-state index contributed by atoms with van der Waals surface area (Å²) >= 11 is 0. The van der Waals surface area contributed by atoms with Crippen LogP contribution in [-0.4, -0.2) is 53.6 Å². The van der Waals surface area contributed by atoms with Gasteiger partial charge in [-0.3, -0.25) is 4.90 Å². The molecule has 5 heteroatoms. The van der Waals surface area contributed by atoms with E-state index >= 15 is 0 Å². The predicted octanol–water partition coefficient (Wildman–Crippen LogP) is 2.91. The summed E-state index contributed by atoms with van der Waals surface area (Å²) in [5.74, 6) is 0. The Kier molecular flexibility index (Phi) is 5.06. The summed E-state index contributed by atoms with van der Waals surface area (Å²) in [4.78, 5) is 16.9. The Bertz CT molecular complexity index is 629. The molecule has 1 aliphatic carbocycles. The second-order valence-electron chi connectivity index (χ2n) is 8.97. The molecule has 0 bridgehead atoms. The first-order chi connectivity index (χ1) is 12.2. The van der Waals surface area contributed by atoms with Crippen LogP contribution < -0.4 is 11.1 Å². The second kappa shape index (κ2) is 6.86. The number of amides is 2. The number of rotatable bonds is 5. The third-order valence-corrected chi connectivity index (χ3v) is 6.30. The van der Waals surface area contributed by atoms with Gasteiger partial charge in [0.15, 0.2) is 0 Å². The topological polar surface area (TPSA) is 61.6 Å². The third kappa shape index (κ3) is 3.60. The number of hydrogen-bond donors (Lipinski definition) is 2. The number of nitrogens with one attached hydrogen (secondary N) is 1. The number of carbonyl (C=O) groups excluding carboxylic acids is 1. The average Bonchev–Trinajstić information content (AvgIpc) is 2.89. The largest absolute Gasteiger partial charge is 0.331 e. The van der Waals surface area contributed by atoms with Crippen molar-refractivity contribution in [1.82, 2.24) is 15.1 Å². The van der Waals surface area contributed by atoms with Crippen molar-refractivity contribution >= 4 is 6.03 Å². The monoisotopic (exact) mass is 358 g/mol. The van der Waals surface area contributed by atoms with Crippen molar-refractivity contribution in [3.63, 3.8) is 0 Å². The Hall–Kier alpha value is -1.59. The molecule has 144 valence electrons. The smallest absolute Gasteiger partial charge is 0.318 e. The molecule has 3 N–H and O–H groups in total. The summed E-state index contributed by atoms with van der Waals surface area (Å²) in [6.07, 6.45) is 4.11. The Morgan fingerprint density at radius 3 is 2.35 bits per heavy atom. The highest BCUT2D eigenvalue weighted by Crippen LogP contribution is 2.46. The molecule has 0 radical (unpaired) electrons. The standard InChI is InChI=1S/C21H34N4O/c1-5-24(4)21(17-9-7-6-8-10-17)13-11-20(12-14-21)16-25(18(26)23-20)15-19(2,3)22/h6-10H,5,11-16,22H2,1-4H3,(H,23,26)/t20-,21+. The summed E-state index contributed by atoms with van der Waals surface area (Å²) < 4.78 is 0. The van der Waals surface area contributed by atoms with E-state index in [1.807, 2.05) is 18.7 Å². The van der Waals surface area contributed by atoms with Gasteiger partial charge in [-0.15, -0.1) is 0 Å². The van der Waals surface area contributed by atoms with Gasteiger partial charge in [-0.05, 0) is 58.7 Å². The van der Waals surface area contributed by atoms with Crippen LogP contribution in [0.1, 0.15) is 52.0 Å². The molecule has 1 aromatic carbocycles. The minimum Gasteiger partial charge on any atom is -0.331 e. The highest BCUT2D eigenvalue weighted by molar-refractivity contribution is 5.78. The van der Waals surface area contributed by atoms with Crippen LogP contribution in [0, 0.1) is 0 Å². The van der Waals surface area contributed by atoms with E-state index in [2.05, 4.69) is 54.5 Å². The fraction of sp³-hybridized carbons (Fsp3) is 0.667. The average molecular weight is 359 g/mol. The Labute approximate surface area is 157 Å². The van der Waals surface area contributed by atoms with E-state index in [1.54, 1.807) is 0 Å². The normalized spacial score (nSPS) is 29.5. The van der Waals surface area contributed by atoms with Crippen LogP contribution in [0.5, 0.6) is 0 Å². The summed E-state index contributed by atoms with van der Waals surface area (Å²) in [5.41, 5.74) is 7.13. The van der Waals surface area contributed by atoms with E-state index in [0.717, 1.165) is 38.8 Å². The van der Waals surface area contributed by atoms with E-state index in [4.69, 9.17) is 5.73 Å². The van der Waals surface area contributed by atoms with E-state index in [1.165, 1.54) is 5.56 Å². The van der Waals surface area contributed by atoms with Crippen molar-refractivity contribution < 1.29 is 4.79 Å². The molecule has 0 atom stereocenters. The van der Waals surface area contributed by atoms with Crippen molar-refractivity contribution in [3.8, 4) is 0 Å². The molecule has 1 spiro atoms. The summed E-state index contributed by atoms with van der Waals surface area (Å²) in [6.45, 7) is 8.55. The van der Waals surface area contributed by atoms with Crippen molar-refractivity contribution in [1.29, 1.82) is 0 Å². The maximum atomic E-state index is 12.5. The SMILES string of the molecule is CCN(C)[C@]1(c2ccccc2)CC[C@]2(CC1)CN(CC(C)(C)N)C(=O)N2. The highest BCUT2D eigenvalue weighted by atomic mass is 16.2. The maximum absolute atomic E-state index is 12.5. The molecule has 2 amide bonds. The van der Waals surface area contributed by atoms with Crippen LogP contribution in [0.4, 0.5) is 4.79 Å². The van der Waals surface area contributed by atoms with E-state index in [-0.39, 0.29) is 22.6 Å². The second-order valence-corrected chi connectivity index (χ2v) is 8.97. The van der Waals surface area contributed by atoms with Gasteiger partial charge in [0.25, 0.3) is 0 Å². The summed E-state index contributed by atoms with van der Waals surface area (Å²) in [5, 5.41) is 3.30. The van der Waals surface area contributed by atoms with Gasteiger partial charge in [0, 0.05) is 24.2 Å². The Balaban J connectivity index is 1.78. The molecule has 1 saturated carbocycles. The van der Waals surface area contributed by atoms with Gasteiger partial charge in [-0.25, -0.2) is 4.79 Å². The van der Waals surface area contributed by atoms with Crippen LogP contribution in [-0.2, 0) is 5.54 Å². The number of nitrogens with zero attached hydrogens (tertiary/aromatic N) is 2. The minimum atomic E-state index is -0.367. The van der Waals surface area contributed by atoms with Gasteiger partial charge in [-0.1, -0.05) is 37.3 Å². The maximum Gasteiger partial charge on any atom is 0.318 e. The van der Waals surface area contributed by atoms with Crippen LogP contribution in [0.2, 0.25) is 0 Å². The van der Waals surface area contributed by atoms with Crippen LogP contribution >= 0.6 is 0 Å². The lowest BCUT2D eigenvalue weighted by molar-refractivity contribution is 0.0459. The van der Waals surface area contributed by atoms with Crippen molar-refractivity contribution in [2.75, 3.05) is 26.7 Å². The zero-order chi connectivity index (χ0) is 19.0. The fourth-order valence-electron chi connectivity index (χ4n) is 4.77. The van der Waals surface area contributed by atoms with Gasteiger partial charge in [0.2, 0.25) is 0 Å². The molecule has 1 aliphatic heterocycles. The fourth-order valence-corrected chi connectivity index (χ4v) is 4.77.